The molecule has 1 aromatic carbocycles. The molecule has 1 N–H and O–H groups in total. The molecule has 3 atom stereocenters. The molecule has 1 aliphatic rings. The quantitative estimate of drug-likeness (QED) is 0.479. The molecule has 1 aliphatic heterocycles. The van der Waals surface area contributed by atoms with Crippen molar-refractivity contribution in [1.29, 1.82) is 0 Å². The van der Waals surface area contributed by atoms with Gasteiger partial charge in [0.1, 0.15) is 0 Å². The molecule has 0 bridgehead atoms. The Hall–Kier alpha value is -1.24. The Morgan fingerprint density at radius 2 is 1.96 bits per heavy atom. The summed E-state index contributed by atoms with van der Waals surface area (Å²) in [7, 11) is 0. The van der Waals surface area contributed by atoms with Crippen LogP contribution < -0.4 is 10.2 Å². The fraction of sp³-hybridized carbons (Fsp3) is 0.312. The van der Waals surface area contributed by atoms with Gasteiger partial charge < -0.3 is 10.2 Å². The lowest BCUT2D eigenvalue weighted by Crippen LogP contribution is -2.42. The van der Waals surface area contributed by atoms with Crippen molar-refractivity contribution in [1.82, 2.24) is 10.3 Å². The largest absolute Gasteiger partial charge is 0.338 e. The fourth-order valence-corrected chi connectivity index (χ4v) is 3.36. The summed E-state index contributed by atoms with van der Waals surface area (Å²) in [5, 5.41) is 3.25. The van der Waals surface area contributed by atoms with Crippen molar-refractivity contribution < 1.29 is 8.78 Å². The van der Waals surface area contributed by atoms with E-state index >= 15 is 0 Å². The van der Waals surface area contributed by atoms with E-state index in [0.717, 1.165) is 5.56 Å². The molecule has 0 saturated carbocycles. The lowest BCUT2D eigenvalue weighted by molar-refractivity contribution is 0.283. The number of anilines is 1. The number of aromatic nitrogens is 1. The number of hydrogen-bond donors (Lipinski definition) is 1. The number of benzene rings is 1. The molecule has 3 nitrogen and oxygen atoms in total. The molecule has 7 heteroatoms. The Morgan fingerprint density at radius 1 is 1.22 bits per heavy atom. The minimum atomic E-state index is -1.19. The summed E-state index contributed by atoms with van der Waals surface area (Å²) in [5.74, 6) is -0.563. The van der Waals surface area contributed by atoms with E-state index in [0.29, 0.717) is 18.8 Å². The van der Waals surface area contributed by atoms with Crippen LogP contribution in [0.4, 0.5) is 14.5 Å². The van der Waals surface area contributed by atoms with Crippen molar-refractivity contribution in [2.75, 3.05) is 11.4 Å². The van der Waals surface area contributed by atoms with Gasteiger partial charge in [0.25, 0.3) is 0 Å². The third-order valence-corrected chi connectivity index (χ3v) is 4.64. The van der Waals surface area contributed by atoms with E-state index in [1.807, 2.05) is 30.3 Å². The van der Waals surface area contributed by atoms with Gasteiger partial charge in [-0.2, -0.15) is 4.39 Å². The molecule has 1 saturated heterocycles. The number of nitrogens with one attached hydrogen (secondary N) is 1. The number of nitrogens with zero attached hydrogens (tertiary/aromatic N) is 2. The normalized spacial score (nSPS) is 23.6. The molecule has 0 aliphatic carbocycles. The van der Waals surface area contributed by atoms with Crippen LogP contribution in [0.25, 0.3) is 0 Å². The van der Waals surface area contributed by atoms with Gasteiger partial charge in [-0.15, -0.1) is 12.4 Å². The minimum absolute atomic E-state index is 0. The summed E-state index contributed by atoms with van der Waals surface area (Å²) in [6, 6.07) is 12.3. The molecule has 2 aromatic rings. The molecular formula is C16H17BrClF2N3. The average molecular weight is 405 g/mol. The van der Waals surface area contributed by atoms with Crippen molar-refractivity contribution in [3.05, 3.63) is 60.2 Å². The van der Waals surface area contributed by atoms with E-state index < -0.39 is 12.2 Å². The Morgan fingerprint density at radius 3 is 2.61 bits per heavy atom. The van der Waals surface area contributed by atoms with Gasteiger partial charge in [0.2, 0.25) is 5.95 Å². The maximum Gasteiger partial charge on any atom is 0.212 e. The Balaban J connectivity index is 0.00000192. The van der Waals surface area contributed by atoms with E-state index in [4.69, 9.17) is 0 Å². The molecule has 0 amide bonds. The molecule has 3 rings (SSSR count). The summed E-state index contributed by atoms with van der Waals surface area (Å²) < 4.78 is 27.6. The molecule has 1 aromatic heterocycles. The smallest absolute Gasteiger partial charge is 0.212 e. The fourth-order valence-electron chi connectivity index (χ4n) is 2.61. The highest BCUT2D eigenvalue weighted by Gasteiger charge is 2.40. The second-order valence-corrected chi connectivity index (χ2v) is 6.45. The summed E-state index contributed by atoms with van der Waals surface area (Å²) in [4.78, 5) is 5.15. The van der Waals surface area contributed by atoms with Gasteiger partial charge in [0, 0.05) is 13.1 Å². The summed E-state index contributed by atoms with van der Waals surface area (Å²) in [6.45, 7) is 1.10. The topological polar surface area (TPSA) is 28.2 Å². The lowest BCUT2D eigenvalue weighted by atomic mass is 10.2. The van der Waals surface area contributed by atoms with Crippen LogP contribution in [0.2, 0.25) is 0 Å². The Kier molecular flexibility index (Phi) is 6.33. The maximum atomic E-state index is 14.7. The van der Waals surface area contributed by atoms with Crippen LogP contribution in [0, 0.1) is 5.95 Å². The molecule has 124 valence electrons. The highest BCUT2D eigenvalue weighted by molar-refractivity contribution is 9.09. The number of pyridine rings is 1. The van der Waals surface area contributed by atoms with E-state index in [1.54, 1.807) is 11.0 Å². The van der Waals surface area contributed by atoms with E-state index in [1.165, 1.54) is 12.3 Å². The minimum Gasteiger partial charge on any atom is -0.338 e. The first-order valence-electron chi connectivity index (χ1n) is 7.09. The monoisotopic (exact) mass is 403 g/mol. The average Bonchev–Trinajstić information content (AvgIpc) is 2.82. The van der Waals surface area contributed by atoms with Crippen LogP contribution in [-0.4, -0.2) is 28.7 Å². The summed E-state index contributed by atoms with van der Waals surface area (Å²) >= 11 is 3.53. The molecule has 1 fully saturated rings. The highest BCUT2D eigenvalue weighted by atomic mass is 79.9. The van der Waals surface area contributed by atoms with Crippen LogP contribution in [0.5, 0.6) is 0 Å². The van der Waals surface area contributed by atoms with Crippen LogP contribution in [0.15, 0.2) is 48.7 Å². The first kappa shape index (κ1) is 18.1. The molecule has 23 heavy (non-hydrogen) atoms. The Labute approximate surface area is 148 Å². The van der Waals surface area contributed by atoms with Gasteiger partial charge in [-0.25, -0.2) is 9.37 Å². The number of halogens is 4. The second-order valence-electron chi connectivity index (χ2n) is 5.27. The van der Waals surface area contributed by atoms with Gasteiger partial charge in [-0.3, -0.25) is 0 Å². The third-order valence-electron chi connectivity index (χ3n) is 3.78. The zero-order valence-corrected chi connectivity index (χ0v) is 14.6. The maximum absolute atomic E-state index is 14.7. The number of hydrogen-bond acceptors (Lipinski definition) is 3. The first-order valence-corrected chi connectivity index (χ1v) is 8.00. The van der Waals surface area contributed by atoms with Crippen molar-refractivity contribution in [3.8, 4) is 0 Å². The van der Waals surface area contributed by atoms with Crippen molar-refractivity contribution in [2.24, 2.45) is 0 Å². The number of rotatable bonds is 4. The summed E-state index contributed by atoms with van der Waals surface area (Å²) in [5.41, 5.74) is 1.69. The SMILES string of the molecule is Cl.Fc1ccc(N2C[C@H](Br)C(NCc3ccccc3)C2F)cn1. The van der Waals surface area contributed by atoms with Gasteiger partial charge in [0.05, 0.1) is 22.8 Å². The standard InChI is InChI=1S/C16H16BrF2N3.ClH/c17-13-10-22(12-6-7-14(18)20-9-12)16(19)15(13)21-8-11-4-2-1-3-5-11;/h1-7,9,13,15-16,21H,8,10H2;1H/t13-,15?,16?;/m0./s1. The van der Waals surface area contributed by atoms with E-state index in [-0.39, 0.29) is 23.3 Å². The molecule has 0 spiro atoms. The van der Waals surface area contributed by atoms with E-state index in [2.05, 4.69) is 26.2 Å². The van der Waals surface area contributed by atoms with Crippen LogP contribution in [0.3, 0.4) is 0 Å². The summed E-state index contributed by atoms with van der Waals surface area (Å²) in [6.07, 6.45) is 0.168. The zero-order chi connectivity index (χ0) is 15.5. The van der Waals surface area contributed by atoms with Gasteiger partial charge in [-0.1, -0.05) is 46.3 Å². The first-order chi connectivity index (χ1) is 10.6. The lowest BCUT2D eigenvalue weighted by Gasteiger charge is -2.23. The number of alkyl halides is 2. The zero-order valence-electron chi connectivity index (χ0n) is 12.2. The molecule has 2 unspecified atom stereocenters. The third kappa shape index (κ3) is 4.19. The van der Waals surface area contributed by atoms with Crippen molar-refractivity contribution >= 4 is 34.0 Å². The Bertz CT molecular complexity index is 614. The van der Waals surface area contributed by atoms with Gasteiger partial charge in [0.15, 0.2) is 6.30 Å². The molecule has 2 heterocycles. The van der Waals surface area contributed by atoms with Crippen molar-refractivity contribution in [3.63, 3.8) is 0 Å². The predicted octanol–water partition coefficient (Wildman–Crippen LogP) is 3.68. The van der Waals surface area contributed by atoms with Crippen molar-refractivity contribution in [2.45, 2.75) is 23.7 Å². The van der Waals surface area contributed by atoms with Gasteiger partial charge >= 0.3 is 0 Å². The van der Waals surface area contributed by atoms with E-state index in [9.17, 15) is 8.78 Å². The van der Waals surface area contributed by atoms with Crippen LogP contribution in [-0.2, 0) is 6.54 Å². The second kappa shape index (κ2) is 8.04. The molecular weight excluding hydrogens is 388 g/mol. The van der Waals surface area contributed by atoms with Gasteiger partial charge in [-0.05, 0) is 17.7 Å². The highest BCUT2D eigenvalue weighted by Crippen LogP contribution is 2.30. The van der Waals surface area contributed by atoms with Crippen LogP contribution in [0.1, 0.15) is 5.56 Å². The van der Waals surface area contributed by atoms with Crippen LogP contribution >= 0.6 is 28.3 Å². The predicted molar refractivity (Wildman–Crippen MR) is 93.5 cm³/mol. The molecule has 0 radical (unpaired) electrons.